The van der Waals surface area contributed by atoms with Crippen molar-refractivity contribution in [2.45, 2.75) is 50.0 Å². The molecule has 2 aliphatic rings. The number of amides is 1. The molecule has 0 radical (unpaired) electrons. The van der Waals surface area contributed by atoms with Crippen LogP contribution in [0.25, 0.3) is 0 Å². The van der Waals surface area contributed by atoms with Crippen LogP contribution in [0.3, 0.4) is 0 Å². The first-order chi connectivity index (χ1) is 12.4. The minimum atomic E-state index is -3.54. The monoisotopic (exact) mass is 380 g/mol. The molecule has 2 heterocycles. The first-order valence-electron chi connectivity index (χ1n) is 9.36. The largest absolute Gasteiger partial charge is 0.381 e. The van der Waals surface area contributed by atoms with Crippen molar-refractivity contribution in [3.63, 3.8) is 0 Å². The number of piperidine rings is 2. The molecule has 0 atom stereocenters. The van der Waals surface area contributed by atoms with Crippen LogP contribution in [-0.2, 0) is 14.8 Å². The molecule has 0 bridgehead atoms. The molecule has 0 aromatic heterocycles. The van der Waals surface area contributed by atoms with Gasteiger partial charge in [-0.05, 0) is 50.3 Å². The number of benzene rings is 1. The molecule has 2 aliphatic heterocycles. The van der Waals surface area contributed by atoms with E-state index in [-0.39, 0.29) is 16.9 Å². The summed E-state index contributed by atoms with van der Waals surface area (Å²) in [6, 6.07) is 4.92. The zero-order valence-electron chi connectivity index (χ0n) is 15.6. The Morgan fingerprint density at radius 2 is 1.73 bits per heavy atom. The molecule has 1 aromatic rings. The molecule has 6 nitrogen and oxygen atoms in total. The number of rotatable bonds is 4. The molecule has 144 valence electrons. The summed E-state index contributed by atoms with van der Waals surface area (Å²) in [6.45, 7) is 4.25. The van der Waals surface area contributed by atoms with Crippen molar-refractivity contribution in [2.75, 3.05) is 33.3 Å². The Morgan fingerprint density at radius 1 is 1.08 bits per heavy atom. The number of hydrogen-bond acceptors (Lipinski definition) is 4. The van der Waals surface area contributed by atoms with Gasteiger partial charge in [-0.1, -0.05) is 12.5 Å². The highest BCUT2D eigenvalue weighted by atomic mass is 32.2. The normalized spacial score (nSPS) is 20.3. The quantitative estimate of drug-likeness (QED) is 0.805. The molecule has 1 aromatic carbocycles. The highest BCUT2D eigenvalue weighted by Gasteiger charge is 2.29. The number of sulfonamides is 1. The van der Waals surface area contributed by atoms with E-state index >= 15 is 0 Å². The van der Waals surface area contributed by atoms with Gasteiger partial charge in [-0.2, -0.15) is 4.31 Å². The number of carbonyl (C=O) groups excluding carboxylic acids is 1. The van der Waals surface area contributed by atoms with Crippen molar-refractivity contribution in [2.24, 2.45) is 0 Å². The highest BCUT2D eigenvalue weighted by Crippen LogP contribution is 2.24. The van der Waals surface area contributed by atoms with Crippen LogP contribution in [0.5, 0.6) is 0 Å². The molecule has 1 amide bonds. The number of likely N-dealkylation sites (tertiary alicyclic amines) is 1. The van der Waals surface area contributed by atoms with Gasteiger partial charge in [0.15, 0.2) is 0 Å². The summed E-state index contributed by atoms with van der Waals surface area (Å²) >= 11 is 0. The smallest absolute Gasteiger partial charge is 0.254 e. The van der Waals surface area contributed by atoms with Crippen molar-refractivity contribution < 1.29 is 17.9 Å². The summed E-state index contributed by atoms with van der Waals surface area (Å²) in [7, 11) is -1.84. The van der Waals surface area contributed by atoms with E-state index in [1.54, 1.807) is 34.5 Å². The predicted octanol–water partition coefficient (Wildman–Crippen LogP) is 2.42. The maximum atomic E-state index is 12.9. The maximum absolute atomic E-state index is 12.9. The Kier molecular flexibility index (Phi) is 5.99. The fourth-order valence-electron chi connectivity index (χ4n) is 3.71. The van der Waals surface area contributed by atoms with Gasteiger partial charge in [0.1, 0.15) is 0 Å². The standard InChI is InChI=1S/C19H28N2O4S/c1-15-6-7-17(26(23,24)21-10-4-3-5-11-21)14-18(15)19(22)20-12-8-16(25-2)9-13-20/h6-7,14,16H,3-5,8-13H2,1-2H3. The second-order valence-corrected chi connectivity index (χ2v) is 9.11. The number of ether oxygens (including phenoxy) is 1. The van der Waals surface area contributed by atoms with Crippen LogP contribution in [0.4, 0.5) is 0 Å². The summed E-state index contributed by atoms with van der Waals surface area (Å²) < 4.78 is 32.7. The lowest BCUT2D eigenvalue weighted by Gasteiger charge is -2.32. The summed E-state index contributed by atoms with van der Waals surface area (Å²) in [6.07, 6.45) is 4.68. The SMILES string of the molecule is COC1CCN(C(=O)c2cc(S(=O)(=O)N3CCCCC3)ccc2C)CC1. The first-order valence-corrected chi connectivity index (χ1v) is 10.8. The molecule has 2 saturated heterocycles. The van der Waals surface area contributed by atoms with Crippen LogP contribution in [-0.4, -0.2) is 62.9 Å². The molecular weight excluding hydrogens is 352 g/mol. The summed E-state index contributed by atoms with van der Waals surface area (Å²) in [5.41, 5.74) is 1.29. The summed E-state index contributed by atoms with van der Waals surface area (Å²) in [5, 5.41) is 0. The van der Waals surface area contributed by atoms with Crippen molar-refractivity contribution in [1.29, 1.82) is 0 Å². The van der Waals surface area contributed by atoms with Crippen LogP contribution in [0, 0.1) is 6.92 Å². The number of carbonyl (C=O) groups is 1. The summed E-state index contributed by atoms with van der Waals surface area (Å²) in [5.74, 6) is -0.0900. The van der Waals surface area contributed by atoms with Gasteiger partial charge < -0.3 is 9.64 Å². The van der Waals surface area contributed by atoms with E-state index in [1.807, 2.05) is 6.92 Å². The topological polar surface area (TPSA) is 66.9 Å². The Balaban J connectivity index is 1.82. The van der Waals surface area contributed by atoms with Crippen LogP contribution in [0.1, 0.15) is 48.0 Å². The lowest BCUT2D eigenvalue weighted by molar-refractivity contribution is 0.0350. The molecule has 0 N–H and O–H groups in total. The molecule has 0 aliphatic carbocycles. The van der Waals surface area contributed by atoms with Gasteiger partial charge in [0, 0.05) is 38.9 Å². The number of aryl methyl sites for hydroxylation is 1. The lowest BCUT2D eigenvalue weighted by Crippen LogP contribution is -2.41. The third-order valence-corrected chi connectivity index (χ3v) is 7.35. The Bertz CT molecular complexity index is 749. The number of hydrogen-bond donors (Lipinski definition) is 0. The summed E-state index contributed by atoms with van der Waals surface area (Å²) in [4.78, 5) is 15.0. The molecule has 0 saturated carbocycles. The molecule has 2 fully saturated rings. The molecule has 3 rings (SSSR count). The van der Waals surface area contributed by atoms with Gasteiger partial charge >= 0.3 is 0 Å². The average molecular weight is 381 g/mol. The first kappa shape index (κ1) is 19.3. The third-order valence-electron chi connectivity index (χ3n) is 5.45. The van der Waals surface area contributed by atoms with E-state index in [1.165, 1.54) is 0 Å². The minimum Gasteiger partial charge on any atom is -0.381 e. The fraction of sp³-hybridized carbons (Fsp3) is 0.632. The zero-order chi connectivity index (χ0) is 18.7. The van der Waals surface area contributed by atoms with E-state index in [0.717, 1.165) is 37.7 Å². The number of methoxy groups -OCH3 is 1. The van der Waals surface area contributed by atoms with E-state index in [0.29, 0.717) is 31.7 Å². The molecule has 7 heteroatoms. The van der Waals surface area contributed by atoms with Crippen molar-refractivity contribution in [1.82, 2.24) is 9.21 Å². The number of nitrogens with zero attached hydrogens (tertiary/aromatic N) is 2. The van der Waals surface area contributed by atoms with E-state index in [2.05, 4.69) is 0 Å². The maximum Gasteiger partial charge on any atom is 0.254 e. The Morgan fingerprint density at radius 3 is 2.35 bits per heavy atom. The van der Waals surface area contributed by atoms with E-state index in [4.69, 9.17) is 4.74 Å². The van der Waals surface area contributed by atoms with Gasteiger partial charge in [-0.25, -0.2) is 8.42 Å². The van der Waals surface area contributed by atoms with Crippen LogP contribution in [0.15, 0.2) is 23.1 Å². The van der Waals surface area contributed by atoms with Crippen LogP contribution < -0.4 is 0 Å². The third kappa shape index (κ3) is 3.94. The van der Waals surface area contributed by atoms with Gasteiger partial charge in [0.25, 0.3) is 5.91 Å². The average Bonchev–Trinajstić information content (AvgIpc) is 2.68. The lowest BCUT2D eigenvalue weighted by atomic mass is 10.0. The molecular formula is C19H28N2O4S. The second-order valence-electron chi connectivity index (χ2n) is 7.17. The van der Waals surface area contributed by atoms with Gasteiger partial charge in [-0.3, -0.25) is 4.79 Å². The van der Waals surface area contributed by atoms with Crippen LogP contribution >= 0.6 is 0 Å². The van der Waals surface area contributed by atoms with Crippen molar-refractivity contribution in [3.8, 4) is 0 Å². The minimum absolute atomic E-state index is 0.0900. The highest BCUT2D eigenvalue weighted by molar-refractivity contribution is 7.89. The molecule has 0 spiro atoms. The van der Waals surface area contributed by atoms with Crippen molar-refractivity contribution in [3.05, 3.63) is 29.3 Å². The van der Waals surface area contributed by atoms with Gasteiger partial charge in [0.05, 0.1) is 11.0 Å². The zero-order valence-corrected chi connectivity index (χ0v) is 16.4. The van der Waals surface area contributed by atoms with E-state index in [9.17, 15) is 13.2 Å². The second kappa shape index (κ2) is 8.06. The van der Waals surface area contributed by atoms with Crippen molar-refractivity contribution >= 4 is 15.9 Å². The predicted molar refractivity (Wildman–Crippen MR) is 99.7 cm³/mol. The van der Waals surface area contributed by atoms with Crippen LogP contribution in [0.2, 0.25) is 0 Å². The van der Waals surface area contributed by atoms with Gasteiger partial charge in [0.2, 0.25) is 10.0 Å². The van der Waals surface area contributed by atoms with Gasteiger partial charge in [-0.15, -0.1) is 0 Å². The van der Waals surface area contributed by atoms with E-state index < -0.39 is 10.0 Å². The Hall–Kier alpha value is -1.44. The molecule has 0 unspecified atom stereocenters. The Labute approximate surface area is 156 Å². The molecule has 26 heavy (non-hydrogen) atoms. The fourth-order valence-corrected chi connectivity index (χ4v) is 5.26.